The largest absolute Gasteiger partial charge is 0.316 e. The van der Waals surface area contributed by atoms with Gasteiger partial charge in [-0.25, -0.2) is 9.97 Å². The SMILES string of the molecule is Cc1c(-c2ccc(Cl)nc2)ncn1C(c1ccccc1)(c1ccccc1)c1ccccc1. The Morgan fingerprint density at radius 3 is 1.59 bits per heavy atom. The Bertz CT molecular complexity index is 1220. The highest BCUT2D eigenvalue weighted by Gasteiger charge is 2.39. The molecule has 0 fully saturated rings. The zero-order valence-electron chi connectivity index (χ0n) is 17.7. The number of hydrogen-bond acceptors (Lipinski definition) is 2. The summed E-state index contributed by atoms with van der Waals surface area (Å²) in [6.45, 7) is 2.11. The summed E-state index contributed by atoms with van der Waals surface area (Å²) in [5.74, 6) is 0. The molecule has 0 aliphatic rings. The number of pyridine rings is 1. The Morgan fingerprint density at radius 1 is 0.656 bits per heavy atom. The minimum absolute atomic E-state index is 0.470. The molecule has 0 N–H and O–H groups in total. The second-order valence-electron chi connectivity index (χ2n) is 7.73. The summed E-state index contributed by atoms with van der Waals surface area (Å²) in [6.07, 6.45) is 3.71. The Kier molecular flexibility index (Phi) is 5.34. The molecule has 0 saturated carbocycles. The monoisotopic (exact) mass is 435 g/mol. The van der Waals surface area contributed by atoms with E-state index in [4.69, 9.17) is 16.6 Å². The summed E-state index contributed by atoms with van der Waals surface area (Å²) in [7, 11) is 0. The van der Waals surface area contributed by atoms with E-state index in [1.807, 2.05) is 12.4 Å². The van der Waals surface area contributed by atoms with Crippen LogP contribution in [0.3, 0.4) is 0 Å². The van der Waals surface area contributed by atoms with Crippen molar-refractivity contribution in [2.75, 3.05) is 0 Å². The van der Waals surface area contributed by atoms with Crippen LogP contribution in [0.4, 0.5) is 0 Å². The second kappa shape index (κ2) is 8.45. The van der Waals surface area contributed by atoms with Crippen molar-refractivity contribution in [2.24, 2.45) is 0 Å². The standard InChI is InChI=1S/C28H22ClN3/c1-21-27(22-17-18-26(29)30-19-22)31-20-32(21)28(23-11-5-2-6-12-23,24-13-7-3-8-14-24)25-15-9-4-10-16-25/h2-20H,1H3. The topological polar surface area (TPSA) is 30.7 Å². The van der Waals surface area contributed by atoms with E-state index in [1.54, 1.807) is 12.3 Å². The first-order chi connectivity index (χ1) is 15.7. The first-order valence-electron chi connectivity index (χ1n) is 10.5. The third-order valence-corrected chi connectivity index (χ3v) is 6.17. The van der Waals surface area contributed by atoms with E-state index >= 15 is 0 Å². The molecule has 0 bridgehead atoms. The van der Waals surface area contributed by atoms with Gasteiger partial charge < -0.3 is 4.57 Å². The molecule has 3 nitrogen and oxygen atoms in total. The van der Waals surface area contributed by atoms with Crippen LogP contribution in [0.2, 0.25) is 5.15 Å². The number of halogens is 1. The van der Waals surface area contributed by atoms with Gasteiger partial charge in [0.2, 0.25) is 0 Å². The average molecular weight is 436 g/mol. The molecule has 156 valence electrons. The van der Waals surface area contributed by atoms with Gasteiger partial charge in [0.15, 0.2) is 0 Å². The first-order valence-corrected chi connectivity index (χ1v) is 10.9. The molecule has 0 amide bonds. The van der Waals surface area contributed by atoms with Crippen LogP contribution in [-0.2, 0) is 5.54 Å². The molecule has 32 heavy (non-hydrogen) atoms. The van der Waals surface area contributed by atoms with Gasteiger partial charge in [0.25, 0.3) is 0 Å². The Balaban J connectivity index is 1.85. The molecule has 0 aliphatic carbocycles. The van der Waals surface area contributed by atoms with Gasteiger partial charge in [-0.3, -0.25) is 0 Å². The van der Waals surface area contributed by atoms with Crippen LogP contribution in [0.15, 0.2) is 116 Å². The van der Waals surface area contributed by atoms with Crippen LogP contribution in [0.1, 0.15) is 22.4 Å². The van der Waals surface area contributed by atoms with Gasteiger partial charge in [-0.15, -0.1) is 0 Å². The van der Waals surface area contributed by atoms with Crippen molar-refractivity contribution in [3.05, 3.63) is 143 Å². The lowest BCUT2D eigenvalue weighted by Crippen LogP contribution is -2.38. The minimum atomic E-state index is -0.584. The molecule has 0 saturated heterocycles. The lowest BCUT2D eigenvalue weighted by Gasteiger charge is -2.38. The van der Waals surface area contributed by atoms with E-state index in [0.717, 1.165) is 17.0 Å². The Hall–Kier alpha value is -3.69. The third kappa shape index (κ3) is 3.31. The predicted octanol–water partition coefficient (Wildman–Crippen LogP) is 6.75. The number of aromatic nitrogens is 3. The van der Waals surface area contributed by atoms with Crippen molar-refractivity contribution in [3.8, 4) is 11.3 Å². The smallest absolute Gasteiger partial charge is 0.129 e. The number of hydrogen-bond donors (Lipinski definition) is 0. The fourth-order valence-electron chi connectivity index (χ4n) is 4.50. The summed E-state index contributed by atoms with van der Waals surface area (Å²) in [4.78, 5) is 9.10. The van der Waals surface area contributed by atoms with Crippen molar-refractivity contribution in [1.82, 2.24) is 14.5 Å². The van der Waals surface area contributed by atoms with Crippen molar-refractivity contribution in [3.63, 3.8) is 0 Å². The molecule has 5 aromatic rings. The lowest BCUT2D eigenvalue weighted by molar-refractivity contribution is 0.504. The average Bonchev–Trinajstić information content (AvgIpc) is 3.24. The molecule has 0 spiro atoms. The van der Waals surface area contributed by atoms with Crippen LogP contribution in [0.5, 0.6) is 0 Å². The van der Waals surface area contributed by atoms with E-state index in [1.165, 1.54) is 16.7 Å². The summed E-state index contributed by atoms with van der Waals surface area (Å²) >= 11 is 6.02. The van der Waals surface area contributed by atoms with Crippen molar-refractivity contribution < 1.29 is 0 Å². The number of imidazole rings is 1. The molecule has 5 rings (SSSR count). The molecule has 0 radical (unpaired) electrons. The van der Waals surface area contributed by atoms with Crippen LogP contribution < -0.4 is 0 Å². The molecule has 2 aromatic heterocycles. The van der Waals surface area contributed by atoms with Crippen molar-refractivity contribution in [2.45, 2.75) is 12.5 Å². The minimum Gasteiger partial charge on any atom is -0.316 e. The normalized spacial score (nSPS) is 11.4. The number of benzene rings is 3. The molecule has 0 unspecified atom stereocenters. The van der Waals surface area contributed by atoms with Gasteiger partial charge in [-0.1, -0.05) is 103 Å². The molecule has 2 heterocycles. The van der Waals surface area contributed by atoms with Crippen LogP contribution >= 0.6 is 11.6 Å². The highest BCUT2D eigenvalue weighted by Crippen LogP contribution is 2.42. The molecule has 3 aromatic carbocycles. The van der Waals surface area contributed by atoms with Gasteiger partial charge in [0.1, 0.15) is 10.7 Å². The molecule has 4 heteroatoms. The van der Waals surface area contributed by atoms with E-state index in [-0.39, 0.29) is 0 Å². The van der Waals surface area contributed by atoms with Gasteiger partial charge in [-0.2, -0.15) is 0 Å². The second-order valence-corrected chi connectivity index (χ2v) is 8.11. The maximum Gasteiger partial charge on any atom is 0.129 e. The van der Waals surface area contributed by atoms with E-state index in [0.29, 0.717) is 5.15 Å². The lowest BCUT2D eigenvalue weighted by atomic mass is 9.76. The van der Waals surface area contributed by atoms with Gasteiger partial charge >= 0.3 is 0 Å². The molecule has 0 atom stereocenters. The van der Waals surface area contributed by atoms with Gasteiger partial charge in [0, 0.05) is 17.5 Å². The number of rotatable bonds is 5. The maximum atomic E-state index is 6.02. The van der Waals surface area contributed by atoms with Crippen LogP contribution in [0, 0.1) is 6.92 Å². The molecular formula is C28H22ClN3. The zero-order chi connectivity index (χ0) is 22.0. The van der Waals surface area contributed by atoms with Gasteiger partial charge in [0.05, 0.1) is 12.0 Å². The van der Waals surface area contributed by atoms with E-state index in [9.17, 15) is 0 Å². The molecular weight excluding hydrogens is 414 g/mol. The highest BCUT2D eigenvalue weighted by molar-refractivity contribution is 6.29. The van der Waals surface area contributed by atoms with E-state index < -0.39 is 5.54 Å². The quantitative estimate of drug-likeness (QED) is 0.226. The predicted molar refractivity (Wildman–Crippen MR) is 130 cm³/mol. The molecule has 0 aliphatic heterocycles. The zero-order valence-corrected chi connectivity index (χ0v) is 18.4. The van der Waals surface area contributed by atoms with Crippen LogP contribution in [0.25, 0.3) is 11.3 Å². The summed E-state index contributed by atoms with van der Waals surface area (Å²) in [5, 5.41) is 0.470. The summed E-state index contributed by atoms with van der Waals surface area (Å²) in [6, 6.07) is 35.6. The Morgan fingerprint density at radius 2 is 1.16 bits per heavy atom. The van der Waals surface area contributed by atoms with Crippen LogP contribution in [-0.4, -0.2) is 14.5 Å². The summed E-state index contributed by atoms with van der Waals surface area (Å²) in [5.41, 5.74) is 5.79. The highest BCUT2D eigenvalue weighted by atomic mass is 35.5. The fourth-order valence-corrected chi connectivity index (χ4v) is 4.61. The fraction of sp³-hybridized carbons (Fsp3) is 0.0714. The van der Waals surface area contributed by atoms with Gasteiger partial charge in [-0.05, 0) is 35.7 Å². The van der Waals surface area contributed by atoms with E-state index in [2.05, 4.69) is 107 Å². The number of nitrogens with zero attached hydrogens (tertiary/aromatic N) is 3. The van der Waals surface area contributed by atoms with Crippen molar-refractivity contribution >= 4 is 11.6 Å². The third-order valence-electron chi connectivity index (χ3n) is 5.94. The maximum absolute atomic E-state index is 6.02. The van der Waals surface area contributed by atoms with Crippen molar-refractivity contribution in [1.29, 1.82) is 0 Å². The first kappa shape index (κ1) is 20.2. The Labute approximate surface area is 193 Å². The summed E-state index contributed by atoms with van der Waals surface area (Å²) < 4.78 is 2.27.